The van der Waals surface area contributed by atoms with E-state index in [9.17, 15) is 4.79 Å². The van der Waals surface area contributed by atoms with Crippen molar-refractivity contribution in [2.24, 2.45) is 5.92 Å². The molecule has 0 fully saturated rings. The van der Waals surface area contributed by atoms with E-state index in [4.69, 9.17) is 9.53 Å². The number of hydrogen-bond donors (Lipinski definition) is 3. The van der Waals surface area contributed by atoms with E-state index in [2.05, 4.69) is 44.7 Å². The van der Waals surface area contributed by atoms with E-state index < -0.39 is 14.4 Å². The Kier molecular flexibility index (Phi) is 6.15. The van der Waals surface area contributed by atoms with Crippen molar-refractivity contribution in [1.82, 2.24) is 10.9 Å². The summed E-state index contributed by atoms with van der Waals surface area (Å²) in [6, 6.07) is 0. The zero-order valence-corrected chi connectivity index (χ0v) is 12.8. The third-order valence-corrected chi connectivity index (χ3v) is 7.68. The summed E-state index contributed by atoms with van der Waals surface area (Å²) in [7, 11) is -1.69. The van der Waals surface area contributed by atoms with E-state index in [-0.39, 0.29) is 11.0 Å². The van der Waals surface area contributed by atoms with E-state index in [0.717, 1.165) is 0 Å². The van der Waals surface area contributed by atoms with Crippen LogP contribution < -0.4 is 10.9 Å². The Bertz CT molecular complexity index is 252. The summed E-state index contributed by atoms with van der Waals surface area (Å²) < 4.78 is 6.04. The first-order valence-electron chi connectivity index (χ1n) is 5.92. The van der Waals surface area contributed by atoms with Crippen LogP contribution in [0.2, 0.25) is 18.1 Å². The molecule has 0 spiro atoms. The maximum absolute atomic E-state index is 10.2. The van der Waals surface area contributed by atoms with E-state index in [1.165, 1.54) is 0 Å². The van der Waals surface area contributed by atoms with Crippen LogP contribution in [0.1, 0.15) is 27.7 Å². The van der Waals surface area contributed by atoms with Crippen LogP contribution in [-0.2, 0) is 4.43 Å². The van der Waals surface area contributed by atoms with Crippen LogP contribution in [0.4, 0.5) is 4.79 Å². The average molecular weight is 262 g/mol. The Morgan fingerprint density at radius 3 is 2.35 bits per heavy atom. The van der Waals surface area contributed by atoms with Crippen LogP contribution in [0.25, 0.3) is 0 Å². The first-order valence-corrected chi connectivity index (χ1v) is 8.83. The van der Waals surface area contributed by atoms with E-state index in [1.54, 1.807) is 0 Å². The van der Waals surface area contributed by atoms with Gasteiger partial charge in [0.2, 0.25) is 0 Å². The molecule has 0 aromatic rings. The van der Waals surface area contributed by atoms with Crippen molar-refractivity contribution in [2.45, 2.75) is 45.8 Å². The number of nitrogens with one attached hydrogen (secondary N) is 2. The van der Waals surface area contributed by atoms with Crippen molar-refractivity contribution in [3.05, 3.63) is 0 Å². The van der Waals surface area contributed by atoms with Gasteiger partial charge in [0.25, 0.3) is 0 Å². The lowest BCUT2D eigenvalue weighted by atomic mass is 10.2. The van der Waals surface area contributed by atoms with Gasteiger partial charge in [-0.05, 0) is 24.1 Å². The minimum atomic E-state index is -1.69. The normalized spacial score (nSPS) is 14.5. The predicted octanol–water partition coefficient (Wildman–Crippen LogP) is 2.42. The summed E-state index contributed by atoms with van der Waals surface area (Å²) in [5.74, 6) is 0.274. The molecule has 3 N–H and O–H groups in total. The molecule has 0 aliphatic heterocycles. The van der Waals surface area contributed by atoms with Crippen LogP contribution >= 0.6 is 0 Å². The van der Waals surface area contributed by atoms with Crippen LogP contribution in [0.5, 0.6) is 0 Å². The Morgan fingerprint density at radius 2 is 1.94 bits per heavy atom. The number of carbonyl (C=O) groups is 1. The predicted molar refractivity (Wildman–Crippen MR) is 71.5 cm³/mol. The van der Waals surface area contributed by atoms with Gasteiger partial charge in [-0.3, -0.25) is 5.43 Å². The molecule has 17 heavy (non-hydrogen) atoms. The molecule has 0 aliphatic rings. The van der Waals surface area contributed by atoms with Crippen molar-refractivity contribution in [3.63, 3.8) is 0 Å². The molecule has 0 heterocycles. The minimum Gasteiger partial charge on any atom is -0.464 e. The van der Waals surface area contributed by atoms with Gasteiger partial charge in [-0.25, -0.2) is 10.2 Å². The SMILES string of the molecule is C[C@H](CNNC(=O)O)CO[Si](C)(C)C(C)(C)C. The summed E-state index contributed by atoms with van der Waals surface area (Å²) in [5.41, 5.74) is 4.77. The highest BCUT2D eigenvalue weighted by atomic mass is 28.4. The van der Waals surface area contributed by atoms with Crippen molar-refractivity contribution < 1.29 is 14.3 Å². The largest absolute Gasteiger partial charge is 0.464 e. The third kappa shape index (κ3) is 6.65. The fraction of sp³-hybridized carbons (Fsp3) is 0.909. The van der Waals surface area contributed by atoms with Gasteiger partial charge in [-0.1, -0.05) is 27.7 Å². The fourth-order valence-electron chi connectivity index (χ4n) is 0.927. The van der Waals surface area contributed by atoms with Crippen LogP contribution in [0.3, 0.4) is 0 Å². The number of hydrazine groups is 1. The summed E-state index contributed by atoms with van der Waals surface area (Å²) in [4.78, 5) is 10.2. The maximum atomic E-state index is 10.2. The molecular weight excluding hydrogens is 236 g/mol. The monoisotopic (exact) mass is 262 g/mol. The molecule has 102 valence electrons. The van der Waals surface area contributed by atoms with Crippen molar-refractivity contribution in [1.29, 1.82) is 0 Å². The summed E-state index contributed by atoms with van der Waals surface area (Å²) >= 11 is 0. The Labute approximate surface area is 105 Å². The van der Waals surface area contributed by atoms with Crippen LogP contribution in [0, 0.1) is 5.92 Å². The van der Waals surface area contributed by atoms with Gasteiger partial charge in [-0.15, -0.1) is 0 Å². The lowest BCUT2D eigenvalue weighted by Gasteiger charge is -2.37. The number of hydrogen-bond acceptors (Lipinski definition) is 3. The second-order valence-electron chi connectivity index (χ2n) is 5.99. The fourth-order valence-corrected chi connectivity index (χ4v) is 2.06. The van der Waals surface area contributed by atoms with Gasteiger partial charge in [0.1, 0.15) is 0 Å². The zero-order chi connectivity index (χ0) is 13.7. The van der Waals surface area contributed by atoms with Gasteiger partial charge in [0, 0.05) is 13.2 Å². The lowest BCUT2D eigenvalue weighted by Crippen LogP contribution is -2.44. The first kappa shape index (κ1) is 16.4. The molecule has 1 amide bonds. The standard InChI is InChI=1S/C11H26N2O3Si/c1-9(7-12-13-10(14)15)8-16-17(5,6)11(2,3)4/h9,12-13H,7-8H2,1-6H3,(H,14,15)/t9-/m1/s1. The zero-order valence-electron chi connectivity index (χ0n) is 11.8. The van der Waals surface area contributed by atoms with E-state index >= 15 is 0 Å². The molecule has 6 heteroatoms. The molecule has 0 aromatic carbocycles. The van der Waals surface area contributed by atoms with E-state index in [0.29, 0.717) is 13.2 Å². The molecule has 0 saturated carbocycles. The molecule has 0 aromatic heterocycles. The molecule has 0 radical (unpaired) electrons. The van der Waals surface area contributed by atoms with Crippen molar-refractivity contribution in [2.75, 3.05) is 13.2 Å². The molecule has 5 nitrogen and oxygen atoms in total. The Hall–Kier alpha value is -0.593. The number of amides is 1. The summed E-state index contributed by atoms with van der Waals surface area (Å²) in [5, 5.41) is 8.60. The highest BCUT2D eigenvalue weighted by Crippen LogP contribution is 2.36. The topological polar surface area (TPSA) is 70.6 Å². The van der Waals surface area contributed by atoms with Crippen LogP contribution in [0.15, 0.2) is 0 Å². The Balaban J connectivity index is 3.91. The highest BCUT2D eigenvalue weighted by Gasteiger charge is 2.37. The lowest BCUT2D eigenvalue weighted by molar-refractivity contribution is 0.184. The number of carboxylic acid groups (broad SMARTS) is 1. The summed E-state index contributed by atoms with van der Waals surface area (Å²) in [6.45, 7) is 14.3. The minimum absolute atomic E-state index is 0.208. The molecule has 0 unspecified atom stereocenters. The van der Waals surface area contributed by atoms with Gasteiger partial charge < -0.3 is 9.53 Å². The molecule has 0 bridgehead atoms. The van der Waals surface area contributed by atoms with Gasteiger partial charge in [0.05, 0.1) is 0 Å². The second kappa shape index (κ2) is 6.37. The smallest absolute Gasteiger partial charge is 0.419 e. The molecular formula is C11H26N2O3Si. The second-order valence-corrected chi connectivity index (χ2v) is 10.8. The molecule has 0 rings (SSSR count). The average Bonchev–Trinajstić information content (AvgIpc) is 2.12. The Morgan fingerprint density at radius 1 is 1.41 bits per heavy atom. The third-order valence-electron chi connectivity index (χ3n) is 3.18. The molecule has 0 aliphatic carbocycles. The van der Waals surface area contributed by atoms with Gasteiger partial charge in [-0.2, -0.15) is 0 Å². The molecule has 0 saturated heterocycles. The van der Waals surface area contributed by atoms with Crippen LogP contribution in [-0.4, -0.2) is 32.7 Å². The van der Waals surface area contributed by atoms with Crippen molar-refractivity contribution in [3.8, 4) is 0 Å². The highest BCUT2D eigenvalue weighted by molar-refractivity contribution is 6.74. The van der Waals surface area contributed by atoms with E-state index in [1.807, 2.05) is 6.92 Å². The quantitative estimate of drug-likeness (QED) is 0.508. The summed E-state index contributed by atoms with van der Waals surface area (Å²) in [6.07, 6.45) is -1.07. The first-order chi connectivity index (χ1) is 7.56. The number of rotatable bonds is 6. The van der Waals surface area contributed by atoms with Gasteiger partial charge >= 0.3 is 6.09 Å². The van der Waals surface area contributed by atoms with Crippen molar-refractivity contribution >= 4 is 14.4 Å². The maximum Gasteiger partial charge on any atom is 0.419 e. The molecule has 1 atom stereocenters. The van der Waals surface area contributed by atoms with Gasteiger partial charge in [0.15, 0.2) is 8.32 Å².